The second kappa shape index (κ2) is 7.70. The van der Waals surface area contributed by atoms with Crippen LogP contribution in [0, 0.1) is 11.8 Å². The Labute approximate surface area is 147 Å². The number of fused-ring (bicyclic) bond motifs is 2. The molecule has 3 rings (SSSR count). The van der Waals surface area contributed by atoms with Crippen molar-refractivity contribution in [1.82, 2.24) is 5.32 Å². The first kappa shape index (κ1) is 17.5. The monoisotopic (exact) mass is 347 g/mol. The number of ketones is 1. The molecule has 1 aliphatic heterocycles. The molecule has 1 aromatic carbocycles. The molecule has 1 unspecified atom stereocenters. The summed E-state index contributed by atoms with van der Waals surface area (Å²) in [5.41, 5.74) is 1.76. The summed E-state index contributed by atoms with van der Waals surface area (Å²) in [7, 11) is 0. The molecular weight excluding hydrogens is 322 g/mol. The van der Waals surface area contributed by atoms with Gasteiger partial charge in [0.2, 0.25) is 5.91 Å². The number of hydrogen-bond donors (Lipinski definition) is 2. The molecular formula is C19H25NO3S. The van der Waals surface area contributed by atoms with E-state index in [2.05, 4.69) is 5.32 Å². The fraction of sp³-hybridized carbons (Fsp3) is 0.579. The Hall–Kier alpha value is -1.33. The topological polar surface area (TPSA) is 66.4 Å². The number of aliphatic hydroxyl groups excluding tert-OH is 1. The zero-order chi connectivity index (χ0) is 17.1. The minimum atomic E-state index is -0.289. The fourth-order valence-corrected chi connectivity index (χ4v) is 5.10. The van der Waals surface area contributed by atoms with Gasteiger partial charge in [0.25, 0.3) is 0 Å². The van der Waals surface area contributed by atoms with Gasteiger partial charge in [0.05, 0.1) is 12.5 Å². The van der Waals surface area contributed by atoms with Crippen LogP contribution in [0.3, 0.4) is 0 Å². The number of aliphatic hydroxyl groups is 1. The molecule has 1 saturated carbocycles. The van der Waals surface area contributed by atoms with Crippen LogP contribution in [0.25, 0.3) is 0 Å². The van der Waals surface area contributed by atoms with Crippen molar-refractivity contribution in [3.05, 3.63) is 29.3 Å². The molecule has 1 heterocycles. The highest BCUT2D eigenvalue weighted by Gasteiger charge is 2.35. The molecule has 1 aliphatic carbocycles. The SMILES string of the molecule is CC(C(=O)NCCO)c1ccc2c(c1)SC[C@H]1CCCC[C@@H]1C2=O. The molecule has 0 saturated heterocycles. The van der Waals surface area contributed by atoms with Crippen molar-refractivity contribution in [2.75, 3.05) is 18.9 Å². The summed E-state index contributed by atoms with van der Waals surface area (Å²) in [6.07, 6.45) is 4.57. The van der Waals surface area contributed by atoms with Gasteiger partial charge >= 0.3 is 0 Å². The normalized spacial score (nSPS) is 24.5. The summed E-state index contributed by atoms with van der Waals surface area (Å²) >= 11 is 1.77. The molecule has 0 bridgehead atoms. The van der Waals surface area contributed by atoms with Crippen molar-refractivity contribution in [2.24, 2.45) is 11.8 Å². The van der Waals surface area contributed by atoms with Crippen LogP contribution in [0.4, 0.5) is 0 Å². The van der Waals surface area contributed by atoms with E-state index in [1.807, 2.05) is 25.1 Å². The Morgan fingerprint density at radius 3 is 2.96 bits per heavy atom. The number of carbonyl (C=O) groups is 2. The van der Waals surface area contributed by atoms with Crippen LogP contribution in [-0.4, -0.2) is 35.7 Å². The molecule has 24 heavy (non-hydrogen) atoms. The number of amides is 1. The Bertz CT molecular complexity index is 631. The summed E-state index contributed by atoms with van der Waals surface area (Å²) in [5.74, 6) is 1.59. The molecule has 2 N–H and O–H groups in total. The minimum Gasteiger partial charge on any atom is -0.395 e. The number of benzene rings is 1. The molecule has 2 aliphatic rings. The van der Waals surface area contributed by atoms with Crippen molar-refractivity contribution >= 4 is 23.5 Å². The van der Waals surface area contributed by atoms with Crippen LogP contribution in [0.2, 0.25) is 0 Å². The largest absolute Gasteiger partial charge is 0.395 e. The van der Waals surface area contributed by atoms with E-state index in [0.29, 0.717) is 11.7 Å². The first-order chi connectivity index (χ1) is 11.6. The highest BCUT2D eigenvalue weighted by Crippen LogP contribution is 2.42. The van der Waals surface area contributed by atoms with Crippen LogP contribution in [0.1, 0.15) is 54.4 Å². The second-order valence-corrected chi connectivity index (χ2v) is 7.88. The first-order valence-electron chi connectivity index (χ1n) is 8.81. The van der Waals surface area contributed by atoms with Crippen molar-refractivity contribution in [1.29, 1.82) is 0 Å². The Morgan fingerprint density at radius 1 is 1.38 bits per heavy atom. The van der Waals surface area contributed by atoms with Crippen molar-refractivity contribution in [3.8, 4) is 0 Å². The van der Waals surface area contributed by atoms with Gasteiger partial charge < -0.3 is 10.4 Å². The number of rotatable bonds is 4. The lowest BCUT2D eigenvalue weighted by atomic mass is 9.76. The zero-order valence-corrected chi connectivity index (χ0v) is 14.9. The van der Waals surface area contributed by atoms with Gasteiger partial charge in [-0.3, -0.25) is 9.59 Å². The van der Waals surface area contributed by atoms with Crippen LogP contribution < -0.4 is 5.32 Å². The third kappa shape index (κ3) is 3.52. The molecule has 0 spiro atoms. The maximum atomic E-state index is 12.9. The van der Waals surface area contributed by atoms with Gasteiger partial charge in [0.1, 0.15) is 0 Å². The van der Waals surface area contributed by atoms with E-state index in [-0.39, 0.29) is 30.9 Å². The van der Waals surface area contributed by atoms with Crippen LogP contribution in [0.15, 0.2) is 23.1 Å². The lowest BCUT2D eigenvalue weighted by Crippen LogP contribution is -2.30. The van der Waals surface area contributed by atoms with Gasteiger partial charge in [-0.05, 0) is 43.4 Å². The lowest BCUT2D eigenvalue weighted by Gasteiger charge is -2.28. The van der Waals surface area contributed by atoms with E-state index in [9.17, 15) is 9.59 Å². The van der Waals surface area contributed by atoms with Gasteiger partial charge in [-0.1, -0.05) is 18.9 Å². The molecule has 4 nitrogen and oxygen atoms in total. The van der Waals surface area contributed by atoms with Crippen molar-refractivity contribution < 1.29 is 14.7 Å². The Kier molecular flexibility index (Phi) is 5.61. The number of hydrogen-bond acceptors (Lipinski definition) is 4. The standard InChI is InChI=1S/C19H25NO3S/c1-12(19(23)20-8-9-21)13-6-7-16-17(10-13)24-11-14-4-2-3-5-15(14)18(16)22/h6-7,10,12,14-15,21H,2-5,8-9,11H2,1H3,(H,20,23)/t12?,14-,15+/m1/s1. The molecule has 3 atom stereocenters. The Morgan fingerprint density at radius 2 is 2.17 bits per heavy atom. The fourth-order valence-electron chi connectivity index (χ4n) is 3.76. The highest BCUT2D eigenvalue weighted by molar-refractivity contribution is 7.99. The molecule has 130 valence electrons. The highest BCUT2D eigenvalue weighted by atomic mass is 32.2. The summed E-state index contributed by atoms with van der Waals surface area (Å²) in [5, 5.41) is 11.5. The van der Waals surface area contributed by atoms with E-state index >= 15 is 0 Å². The summed E-state index contributed by atoms with van der Waals surface area (Å²) in [6, 6.07) is 5.83. The van der Waals surface area contributed by atoms with Crippen molar-refractivity contribution in [3.63, 3.8) is 0 Å². The van der Waals surface area contributed by atoms with E-state index in [0.717, 1.165) is 41.0 Å². The maximum absolute atomic E-state index is 12.9. The van der Waals surface area contributed by atoms with E-state index in [1.165, 1.54) is 6.42 Å². The summed E-state index contributed by atoms with van der Waals surface area (Å²) in [6.45, 7) is 2.07. The van der Waals surface area contributed by atoms with Crippen LogP contribution in [0.5, 0.6) is 0 Å². The molecule has 1 fully saturated rings. The van der Waals surface area contributed by atoms with Gasteiger partial charge in [-0.2, -0.15) is 0 Å². The number of thioether (sulfide) groups is 1. The predicted octanol–water partition coefficient (Wildman–Crippen LogP) is 2.99. The van der Waals surface area contributed by atoms with E-state index in [4.69, 9.17) is 5.11 Å². The third-order valence-corrected chi connectivity index (χ3v) is 6.52. The average Bonchev–Trinajstić information content (AvgIpc) is 2.76. The van der Waals surface area contributed by atoms with E-state index in [1.54, 1.807) is 11.8 Å². The summed E-state index contributed by atoms with van der Waals surface area (Å²) < 4.78 is 0. The first-order valence-corrected chi connectivity index (χ1v) is 9.80. The molecule has 1 amide bonds. The molecule has 1 aromatic rings. The van der Waals surface area contributed by atoms with Crippen LogP contribution in [-0.2, 0) is 4.79 Å². The average molecular weight is 347 g/mol. The molecule has 0 radical (unpaired) electrons. The zero-order valence-electron chi connectivity index (χ0n) is 14.1. The number of carbonyl (C=O) groups excluding carboxylic acids is 2. The number of Topliss-reactive ketones (excluding diaryl/α,β-unsaturated/α-hetero) is 1. The maximum Gasteiger partial charge on any atom is 0.227 e. The summed E-state index contributed by atoms with van der Waals surface area (Å²) in [4.78, 5) is 26.0. The number of nitrogens with one attached hydrogen (secondary N) is 1. The molecule has 0 aromatic heterocycles. The van der Waals surface area contributed by atoms with Gasteiger partial charge in [-0.15, -0.1) is 11.8 Å². The third-order valence-electron chi connectivity index (χ3n) is 5.27. The van der Waals surface area contributed by atoms with Gasteiger partial charge in [-0.25, -0.2) is 0 Å². The van der Waals surface area contributed by atoms with Crippen LogP contribution >= 0.6 is 11.8 Å². The van der Waals surface area contributed by atoms with Gasteiger partial charge in [0, 0.05) is 28.7 Å². The van der Waals surface area contributed by atoms with E-state index < -0.39 is 0 Å². The minimum absolute atomic E-state index is 0.0597. The predicted molar refractivity (Wildman–Crippen MR) is 95.5 cm³/mol. The molecule has 5 heteroatoms. The van der Waals surface area contributed by atoms with Gasteiger partial charge in [0.15, 0.2) is 5.78 Å². The quantitative estimate of drug-likeness (QED) is 0.879. The second-order valence-electron chi connectivity index (χ2n) is 6.82. The van der Waals surface area contributed by atoms with Crippen molar-refractivity contribution in [2.45, 2.75) is 43.4 Å². The Balaban J connectivity index is 1.82. The smallest absolute Gasteiger partial charge is 0.227 e. The lowest BCUT2D eigenvalue weighted by molar-refractivity contribution is -0.122.